The summed E-state index contributed by atoms with van der Waals surface area (Å²) in [7, 11) is 4.69. The van der Waals surface area contributed by atoms with Gasteiger partial charge in [0.25, 0.3) is 5.91 Å². The lowest BCUT2D eigenvalue weighted by atomic mass is 10.2. The van der Waals surface area contributed by atoms with Gasteiger partial charge in [0, 0.05) is 17.0 Å². The Labute approximate surface area is 168 Å². The van der Waals surface area contributed by atoms with Crippen LogP contribution in [0.1, 0.15) is 23.0 Å². The van der Waals surface area contributed by atoms with E-state index in [1.807, 2.05) is 13.0 Å². The van der Waals surface area contributed by atoms with Gasteiger partial charge < -0.3 is 23.9 Å². The molecule has 0 bridgehead atoms. The molecule has 8 heteroatoms. The van der Waals surface area contributed by atoms with E-state index in [4.69, 9.17) is 18.9 Å². The van der Waals surface area contributed by atoms with Crippen LogP contribution in [0.25, 0.3) is 10.9 Å². The smallest absolute Gasteiger partial charge is 0.287 e. The number of amides is 1. The van der Waals surface area contributed by atoms with E-state index in [1.165, 1.54) is 6.21 Å². The lowest BCUT2D eigenvalue weighted by Crippen LogP contribution is -2.17. The fourth-order valence-corrected chi connectivity index (χ4v) is 2.85. The maximum Gasteiger partial charge on any atom is 0.287 e. The molecule has 2 aromatic carbocycles. The molecule has 0 fully saturated rings. The summed E-state index contributed by atoms with van der Waals surface area (Å²) in [6.45, 7) is 2.45. The molecule has 0 radical (unpaired) electrons. The SMILES string of the molecule is CCOc1ccc(C=NNC(=O)c2cc3cc(OC)c(OC)cc3[nH]2)cc1OC. The minimum absolute atomic E-state index is 0.367. The Morgan fingerprint density at radius 3 is 2.38 bits per heavy atom. The lowest BCUT2D eigenvalue weighted by molar-refractivity contribution is 0.0951. The predicted molar refractivity (Wildman–Crippen MR) is 111 cm³/mol. The highest BCUT2D eigenvalue weighted by Crippen LogP contribution is 2.32. The molecule has 0 saturated heterocycles. The molecular formula is C21H23N3O5. The summed E-state index contributed by atoms with van der Waals surface area (Å²) >= 11 is 0. The van der Waals surface area contributed by atoms with Crippen molar-refractivity contribution in [2.75, 3.05) is 27.9 Å². The summed E-state index contributed by atoms with van der Waals surface area (Å²) in [6, 6.07) is 10.7. The highest BCUT2D eigenvalue weighted by atomic mass is 16.5. The minimum atomic E-state index is -0.367. The Kier molecular flexibility index (Phi) is 6.23. The molecule has 3 aromatic rings. The number of hydrazone groups is 1. The number of nitrogens with one attached hydrogen (secondary N) is 2. The number of ether oxygens (including phenoxy) is 4. The van der Waals surface area contributed by atoms with Crippen LogP contribution in [0.4, 0.5) is 0 Å². The number of fused-ring (bicyclic) bond motifs is 1. The number of rotatable bonds is 8. The molecule has 0 unspecified atom stereocenters. The number of nitrogens with zero attached hydrogens (tertiary/aromatic N) is 1. The zero-order valence-corrected chi connectivity index (χ0v) is 16.7. The summed E-state index contributed by atoms with van der Waals surface area (Å²) in [5.74, 6) is 2.05. The highest BCUT2D eigenvalue weighted by Gasteiger charge is 2.12. The van der Waals surface area contributed by atoms with Crippen molar-refractivity contribution in [1.29, 1.82) is 0 Å². The van der Waals surface area contributed by atoms with Crippen molar-refractivity contribution in [3.8, 4) is 23.0 Å². The number of benzene rings is 2. The first kappa shape index (κ1) is 20.1. The fourth-order valence-electron chi connectivity index (χ4n) is 2.85. The highest BCUT2D eigenvalue weighted by molar-refractivity contribution is 5.99. The van der Waals surface area contributed by atoms with Gasteiger partial charge in [-0.3, -0.25) is 4.79 Å². The van der Waals surface area contributed by atoms with Crippen LogP contribution in [0.15, 0.2) is 41.5 Å². The predicted octanol–water partition coefficient (Wildman–Crippen LogP) is 3.36. The average molecular weight is 397 g/mol. The van der Waals surface area contributed by atoms with Gasteiger partial charge in [0.1, 0.15) is 5.69 Å². The van der Waals surface area contributed by atoms with Gasteiger partial charge >= 0.3 is 0 Å². The maximum absolute atomic E-state index is 12.4. The molecule has 3 rings (SSSR count). The van der Waals surface area contributed by atoms with Gasteiger partial charge in [-0.25, -0.2) is 5.43 Å². The van der Waals surface area contributed by atoms with Crippen molar-refractivity contribution in [2.45, 2.75) is 6.92 Å². The van der Waals surface area contributed by atoms with Crippen LogP contribution in [0, 0.1) is 0 Å². The van der Waals surface area contributed by atoms with Crippen molar-refractivity contribution >= 4 is 23.0 Å². The van der Waals surface area contributed by atoms with Crippen molar-refractivity contribution in [2.24, 2.45) is 5.10 Å². The van der Waals surface area contributed by atoms with Gasteiger partial charge in [0.15, 0.2) is 23.0 Å². The number of H-pyrrole nitrogens is 1. The standard InChI is InChI=1S/C21H23N3O5/c1-5-29-17-7-6-13(8-18(17)26-2)12-22-24-21(25)16-9-14-10-19(27-3)20(28-4)11-15(14)23-16/h6-12,23H,5H2,1-4H3,(H,24,25). The van der Waals surface area contributed by atoms with Crippen LogP contribution in [-0.4, -0.2) is 45.0 Å². The number of carbonyl (C=O) groups excluding carboxylic acids is 1. The Balaban J connectivity index is 1.73. The Hall–Kier alpha value is -3.68. The Morgan fingerprint density at radius 2 is 1.69 bits per heavy atom. The number of aromatic nitrogens is 1. The summed E-state index contributed by atoms with van der Waals surface area (Å²) in [5, 5.41) is 4.84. The van der Waals surface area contributed by atoms with Crippen LogP contribution >= 0.6 is 0 Å². The molecule has 0 aliphatic rings. The monoisotopic (exact) mass is 397 g/mol. The van der Waals surface area contributed by atoms with Gasteiger partial charge in [-0.1, -0.05) is 0 Å². The molecule has 152 valence electrons. The Morgan fingerprint density at radius 1 is 1.00 bits per heavy atom. The second-order valence-electron chi connectivity index (χ2n) is 6.02. The van der Waals surface area contributed by atoms with Gasteiger partial charge in [-0.15, -0.1) is 0 Å². The van der Waals surface area contributed by atoms with Crippen LogP contribution < -0.4 is 24.4 Å². The molecule has 1 amide bonds. The van der Waals surface area contributed by atoms with Crippen molar-refractivity contribution in [1.82, 2.24) is 10.4 Å². The third-order valence-corrected chi connectivity index (χ3v) is 4.24. The van der Waals surface area contributed by atoms with E-state index in [-0.39, 0.29) is 5.91 Å². The van der Waals surface area contributed by atoms with E-state index in [2.05, 4.69) is 15.5 Å². The van der Waals surface area contributed by atoms with Crippen molar-refractivity contribution < 1.29 is 23.7 Å². The molecule has 0 spiro atoms. The molecule has 0 atom stereocenters. The topological polar surface area (TPSA) is 94.2 Å². The molecule has 1 heterocycles. The van der Waals surface area contributed by atoms with Crippen molar-refractivity contribution in [3.63, 3.8) is 0 Å². The number of hydrogen-bond acceptors (Lipinski definition) is 6. The van der Waals surface area contributed by atoms with E-state index >= 15 is 0 Å². The maximum atomic E-state index is 12.4. The normalized spacial score (nSPS) is 10.9. The van der Waals surface area contributed by atoms with Gasteiger partial charge in [0.2, 0.25) is 0 Å². The third kappa shape index (κ3) is 4.43. The molecule has 1 aromatic heterocycles. The van der Waals surface area contributed by atoms with Gasteiger partial charge in [-0.2, -0.15) is 5.10 Å². The van der Waals surface area contributed by atoms with Gasteiger partial charge in [0.05, 0.1) is 34.2 Å². The second-order valence-corrected chi connectivity index (χ2v) is 6.02. The molecular weight excluding hydrogens is 374 g/mol. The van der Waals surface area contributed by atoms with Crippen LogP contribution in [0.2, 0.25) is 0 Å². The molecule has 0 aliphatic carbocycles. The van der Waals surface area contributed by atoms with Crippen LogP contribution in [0.3, 0.4) is 0 Å². The molecule has 29 heavy (non-hydrogen) atoms. The third-order valence-electron chi connectivity index (χ3n) is 4.24. The van der Waals surface area contributed by atoms with E-state index in [0.717, 1.165) is 16.5 Å². The van der Waals surface area contributed by atoms with E-state index in [9.17, 15) is 4.79 Å². The average Bonchev–Trinajstić information content (AvgIpc) is 3.16. The molecule has 2 N–H and O–H groups in total. The Bertz CT molecular complexity index is 1000. The summed E-state index contributed by atoms with van der Waals surface area (Å²) in [4.78, 5) is 15.5. The van der Waals surface area contributed by atoms with E-state index < -0.39 is 0 Å². The number of methoxy groups -OCH3 is 3. The van der Waals surface area contributed by atoms with Crippen LogP contribution in [-0.2, 0) is 0 Å². The largest absolute Gasteiger partial charge is 0.493 e. The second kappa shape index (κ2) is 9.01. The quantitative estimate of drug-likeness (QED) is 0.449. The zero-order chi connectivity index (χ0) is 20.8. The molecule has 0 aliphatic heterocycles. The zero-order valence-electron chi connectivity index (χ0n) is 16.7. The minimum Gasteiger partial charge on any atom is -0.493 e. The first-order valence-corrected chi connectivity index (χ1v) is 8.98. The van der Waals surface area contributed by atoms with Gasteiger partial charge in [-0.05, 0) is 42.8 Å². The number of hydrogen-bond donors (Lipinski definition) is 2. The summed E-state index contributed by atoms with van der Waals surface area (Å²) in [6.07, 6.45) is 1.53. The summed E-state index contributed by atoms with van der Waals surface area (Å²) in [5.41, 5.74) is 4.40. The van der Waals surface area contributed by atoms with E-state index in [1.54, 1.807) is 51.7 Å². The number of aromatic amines is 1. The first-order valence-electron chi connectivity index (χ1n) is 8.98. The molecule has 8 nitrogen and oxygen atoms in total. The van der Waals surface area contributed by atoms with Crippen LogP contribution in [0.5, 0.6) is 23.0 Å². The first-order chi connectivity index (χ1) is 14.1. The summed E-state index contributed by atoms with van der Waals surface area (Å²) < 4.78 is 21.4. The molecule has 0 saturated carbocycles. The van der Waals surface area contributed by atoms with Crippen molar-refractivity contribution in [3.05, 3.63) is 47.7 Å². The number of carbonyl (C=O) groups is 1. The lowest BCUT2D eigenvalue weighted by Gasteiger charge is -2.09. The van der Waals surface area contributed by atoms with E-state index in [0.29, 0.717) is 35.3 Å². The fraction of sp³-hybridized carbons (Fsp3) is 0.238.